The minimum Gasteiger partial charge on any atom is -0.382 e. The monoisotopic (exact) mass is 271 g/mol. The van der Waals surface area contributed by atoms with E-state index in [1.807, 2.05) is 0 Å². The van der Waals surface area contributed by atoms with Crippen LogP contribution in [0.3, 0.4) is 0 Å². The summed E-state index contributed by atoms with van der Waals surface area (Å²) in [5.74, 6) is -0.513. The normalized spacial score (nSPS) is 10.4. The first-order chi connectivity index (χ1) is 8.08. The van der Waals surface area contributed by atoms with E-state index in [0.29, 0.717) is 11.5 Å². The number of rotatable bonds is 4. The molecule has 6 N–H and O–H groups in total. The average molecular weight is 271 g/mol. The zero-order valence-corrected chi connectivity index (χ0v) is 10.2. The standard InChI is InChI=1S/C8H9N5O2S2/c9-5-4(6(10)14)7(17-13-5)11-1-3-2-16-8(15)12-3/h2,11H,1H2,(H2,9,13)(H2,10,14)(H,12,15). The van der Waals surface area contributed by atoms with Crippen LogP contribution in [0, 0.1) is 0 Å². The smallest absolute Gasteiger partial charge is 0.304 e. The summed E-state index contributed by atoms with van der Waals surface area (Å²) < 4.78 is 3.84. The largest absolute Gasteiger partial charge is 0.382 e. The molecule has 0 aliphatic rings. The number of anilines is 2. The van der Waals surface area contributed by atoms with Gasteiger partial charge in [-0.2, -0.15) is 4.37 Å². The first-order valence-corrected chi connectivity index (χ1v) is 6.18. The summed E-state index contributed by atoms with van der Waals surface area (Å²) >= 11 is 2.13. The fraction of sp³-hybridized carbons (Fsp3) is 0.125. The maximum Gasteiger partial charge on any atom is 0.304 e. The van der Waals surface area contributed by atoms with Gasteiger partial charge in [0.05, 0.1) is 6.54 Å². The van der Waals surface area contributed by atoms with Gasteiger partial charge in [-0.15, -0.1) is 0 Å². The Balaban J connectivity index is 2.14. The van der Waals surface area contributed by atoms with Gasteiger partial charge in [0.1, 0.15) is 10.6 Å². The number of primary amides is 1. The second-order valence-corrected chi connectivity index (χ2v) is 4.78. The molecule has 2 aromatic heterocycles. The number of H-pyrrole nitrogens is 1. The van der Waals surface area contributed by atoms with Crippen LogP contribution in [0.2, 0.25) is 0 Å². The number of aromatic nitrogens is 2. The molecule has 2 heterocycles. The highest BCUT2D eigenvalue weighted by Crippen LogP contribution is 2.26. The fourth-order valence-corrected chi connectivity index (χ4v) is 2.53. The second-order valence-electron chi connectivity index (χ2n) is 3.16. The summed E-state index contributed by atoms with van der Waals surface area (Å²) in [4.78, 5) is 24.6. The minimum atomic E-state index is -0.627. The third-order valence-electron chi connectivity index (χ3n) is 1.98. The van der Waals surface area contributed by atoms with Crippen LogP contribution in [-0.4, -0.2) is 15.3 Å². The molecule has 0 aromatic carbocycles. The van der Waals surface area contributed by atoms with Crippen LogP contribution in [0.25, 0.3) is 0 Å². The summed E-state index contributed by atoms with van der Waals surface area (Å²) in [6, 6.07) is 0. The number of nitrogen functional groups attached to an aromatic ring is 1. The van der Waals surface area contributed by atoms with Gasteiger partial charge in [-0.25, -0.2) is 0 Å². The number of aromatic amines is 1. The summed E-state index contributed by atoms with van der Waals surface area (Å²) in [5.41, 5.74) is 11.6. The number of hydrogen-bond acceptors (Lipinski definition) is 7. The highest BCUT2D eigenvalue weighted by atomic mass is 32.1. The van der Waals surface area contributed by atoms with Crippen molar-refractivity contribution in [2.75, 3.05) is 11.1 Å². The summed E-state index contributed by atoms with van der Waals surface area (Å²) in [6.45, 7) is 0.376. The van der Waals surface area contributed by atoms with Crippen molar-refractivity contribution in [3.63, 3.8) is 0 Å². The number of nitrogens with zero attached hydrogens (tertiary/aromatic N) is 1. The molecule has 7 nitrogen and oxygen atoms in total. The van der Waals surface area contributed by atoms with Gasteiger partial charge < -0.3 is 21.8 Å². The van der Waals surface area contributed by atoms with Crippen molar-refractivity contribution in [2.24, 2.45) is 5.73 Å². The average Bonchev–Trinajstić information content (AvgIpc) is 2.82. The molecule has 0 aliphatic heterocycles. The van der Waals surface area contributed by atoms with Gasteiger partial charge >= 0.3 is 4.87 Å². The fourth-order valence-electron chi connectivity index (χ4n) is 1.24. The van der Waals surface area contributed by atoms with Gasteiger partial charge in [-0.05, 0) is 11.5 Å². The van der Waals surface area contributed by atoms with Crippen molar-refractivity contribution < 1.29 is 4.79 Å². The van der Waals surface area contributed by atoms with Crippen molar-refractivity contribution in [3.05, 3.63) is 26.3 Å². The Hall–Kier alpha value is -1.87. The predicted octanol–water partition coefficient (Wildman–Crippen LogP) is 0.186. The lowest BCUT2D eigenvalue weighted by Gasteiger charge is -2.02. The molecule has 0 unspecified atom stereocenters. The first-order valence-electron chi connectivity index (χ1n) is 4.53. The van der Waals surface area contributed by atoms with E-state index in [1.54, 1.807) is 5.38 Å². The summed E-state index contributed by atoms with van der Waals surface area (Å²) in [7, 11) is 0. The van der Waals surface area contributed by atoms with E-state index < -0.39 is 5.91 Å². The molecule has 90 valence electrons. The van der Waals surface area contributed by atoms with Crippen molar-refractivity contribution in [2.45, 2.75) is 6.54 Å². The van der Waals surface area contributed by atoms with Crippen molar-refractivity contribution in [3.8, 4) is 0 Å². The van der Waals surface area contributed by atoms with E-state index in [0.717, 1.165) is 28.6 Å². The third kappa shape index (κ3) is 2.45. The summed E-state index contributed by atoms with van der Waals surface area (Å²) in [6.07, 6.45) is 0. The Morgan fingerprint density at radius 3 is 2.94 bits per heavy atom. The maximum atomic E-state index is 11.1. The SMILES string of the molecule is NC(=O)c1c(N)nsc1NCc1csc(=O)[nH]1. The highest BCUT2D eigenvalue weighted by Gasteiger charge is 2.16. The summed E-state index contributed by atoms with van der Waals surface area (Å²) in [5, 5.41) is 5.16. The molecular formula is C8H9N5O2S2. The van der Waals surface area contributed by atoms with E-state index in [2.05, 4.69) is 14.7 Å². The molecule has 2 rings (SSSR count). The number of carbonyl (C=O) groups excluding carboxylic acids is 1. The molecule has 0 radical (unpaired) electrons. The molecular weight excluding hydrogens is 262 g/mol. The van der Waals surface area contributed by atoms with Crippen molar-refractivity contribution in [1.29, 1.82) is 0 Å². The van der Waals surface area contributed by atoms with Gasteiger partial charge in [-0.3, -0.25) is 9.59 Å². The van der Waals surface area contributed by atoms with Crippen LogP contribution >= 0.6 is 22.9 Å². The van der Waals surface area contributed by atoms with E-state index >= 15 is 0 Å². The van der Waals surface area contributed by atoms with Gasteiger partial charge in [0, 0.05) is 11.1 Å². The Morgan fingerprint density at radius 2 is 2.35 bits per heavy atom. The number of hydrogen-bond donors (Lipinski definition) is 4. The molecule has 0 fully saturated rings. The Bertz CT molecular complexity index is 599. The Labute approximate surface area is 104 Å². The zero-order valence-electron chi connectivity index (χ0n) is 8.52. The molecule has 0 atom stereocenters. The van der Waals surface area contributed by atoms with Gasteiger partial charge in [0.25, 0.3) is 5.91 Å². The molecule has 0 aliphatic carbocycles. The molecule has 0 saturated heterocycles. The number of nitrogens with two attached hydrogens (primary N) is 2. The number of nitrogens with one attached hydrogen (secondary N) is 2. The predicted molar refractivity (Wildman–Crippen MR) is 67.3 cm³/mol. The van der Waals surface area contributed by atoms with Gasteiger partial charge in [0.2, 0.25) is 0 Å². The van der Waals surface area contributed by atoms with Crippen LogP contribution in [-0.2, 0) is 6.54 Å². The molecule has 2 aromatic rings. The van der Waals surface area contributed by atoms with Crippen molar-refractivity contribution in [1.82, 2.24) is 9.36 Å². The number of thiazole rings is 1. The van der Waals surface area contributed by atoms with Crippen LogP contribution < -0.4 is 21.7 Å². The van der Waals surface area contributed by atoms with Crippen LogP contribution in [0.15, 0.2) is 10.2 Å². The van der Waals surface area contributed by atoms with Crippen LogP contribution in [0.1, 0.15) is 16.1 Å². The van der Waals surface area contributed by atoms with Gasteiger partial charge in [0.15, 0.2) is 5.82 Å². The number of carbonyl (C=O) groups is 1. The lowest BCUT2D eigenvalue weighted by atomic mass is 10.3. The van der Waals surface area contributed by atoms with E-state index in [-0.39, 0.29) is 16.3 Å². The van der Waals surface area contributed by atoms with E-state index in [9.17, 15) is 9.59 Å². The zero-order chi connectivity index (χ0) is 12.4. The first kappa shape index (κ1) is 11.6. The van der Waals surface area contributed by atoms with Gasteiger partial charge in [-0.1, -0.05) is 11.3 Å². The molecule has 0 bridgehead atoms. The topological polar surface area (TPSA) is 127 Å². The lowest BCUT2D eigenvalue weighted by Crippen LogP contribution is -2.14. The Kier molecular flexibility index (Phi) is 3.11. The molecule has 1 amide bonds. The Morgan fingerprint density at radius 1 is 1.59 bits per heavy atom. The quantitative estimate of drug-likeness (QED) is 0.631. The number of amides is 1. The minimum absolute atomic E-state index is 0.115. The van der Waals surface area contributed by atoms with Crippen LogP contribution in [0.4, 0.5) is 10.8 Å². The molecule has 0 spiro atoms. The third-order valence-corrected chi connectivity index (χ3v) is 3.51. The van der Waals surface area contributed by atoms with Crippen molar-refractivity contribution >= 4 is 39.6 Å². The molecule has 0 saturated carbocycles. The van der Waals surface area contributed by atoms with Crippen LogP contribution in [0.5, 0.6) is 0 Å². The second kappa shape index (κ2) is 4.55. The molecule has 9 heteroatoms. The highest BCUT2D eigenvalue weighted by molar-refractivity contribution is 7.11. The van der Waals surface area contributed by atoms with E-state index in [4.69, 9.17) is 11.5 Å². The lowest BCUT2D eigenvalue weighted by molar-refractivity contribution is 0.100. The molecule has 17 heavy (non-hydrogen) atoms. The van der Waals surface area contributed by atoms with E-state index in [1.165, 1.54) is 0 Å². The maximum absolute atomic E-state index is 11.1.